The van der Waals surface area contributed by atoms with E-state index in [1.165, 1.54) is 6.92 Å². The summed E-state index contributed by atoms with van der Waals surface area (Å²) in [4.78, 5) is 23.4. The van der Waals surface area contributed by atoms with Gasteiger partial charge in [0.1, 0.15) is 0 Å². The van der Waals surface area contributed by atoms with Crippen LogP contribution in [0.15, 0.2) is 0 Å². The van der Waals surface area contributed by atoms with Gasteiger partial charge in [0.05, 0.1) is 12.7 Å². The lowest BCUT2D eigenvalue weighted by atomic mass is 9.70. The van der Waals surface area contributed by atoms with Gasteiger partial charge in [-0.3, -0.25) is 9.59 Å². The molecular formula is C12H22O5. The van der Waals surface area contributed by atoms with Gasteiger partial charge in [-0.1, -0.05) is 20.3 Å². The lowest BCUT2D eigenvalue weighted by Crippen LogP contribution is -2.49. The predicted molar refractivity (Wildman–Crippen MR) is 62.5 cm³/mol. The van der Waals surface area contributed by atoms with E-state index in [-0.39, 0.29) is 13.0 Å². The van der Waals surface area contributed by atoms with Crippen LogP contribution in [-0.2, 0) is 14.3 Å². The van der Waals surface area contributed by atoms with Crippen molar-refractivity contribution in [2.75, 3.05) is 6.61 Å². The van der Waals surface area contributed by atoms with Gasteiger partial charge in [-0.25, -0.2) is 0 Å². The molecule has 0 aliphatic carbocycles. The first kappa shape index (κ1) is 15.9. The number of esters is 1. The van der Waals surface area contributed by atoms with Crippen LogP contribution in [-0.4, -0.2) is 34.9 Å². The van der Waals surface area contributed by atoms with E-state index in [0.717, 1.165) is 0 Å². The molecule has 100 valence electrons. The van der Waals surface area contributed by atoms with Crippen molar-refractivity contribution >= 4 is 11.9 Å². The van der Waals surface area contributed by atoms with Gasteiger partial charge in [0.2, 0.25) is 0 Å². The first-order chi connectivity index (χ1) is 7.84. The number of ether oxygens (including phenoxy) is 1. The highest BCUT2D eigenvalue weighted by Gasteiger charge is 2.52. The normalized spacial score (nSPS) is 17.9. The first-order valence-electron chi connectivity index (χ1n) is 5.93. The molecule has 3 unspecified atom stereocenters. The molecule has 0 radical (unpaired) electrons. The largest absolute Gasteiger partial charge is 0.480 e. The molecule has 0 fully saturated rings. The van der Waals surface area contributed by atoms with Gasteiger partial charge in [0, 0.05) is 5.92 Å². The summed E-state index contributed by atoms with van der Waals surface area (Å²) in [5.41, 5.74) is -1.65. The molecule has 0 rings (SSSR count). The molecule has 0 heterocycles. The quantitative estimate of drug-likeness (QED) is 0.524. The molecular weight excluding hydrogens is 224 g/mol. The number of hydrogen-bond acceptors (Lipinski definition) is 4. The van der Waals surface area contributed by atoms with Crippen molar-refractivity contribution in [1.29, 1.82) is 0 Å². The third-order valence-corrected chi connectivity index (χ3v) is 3.17. The highest BCUT2D eigenvalue weighted by Crippen LogP contribution is 2.37. The van der Waals surface area contributed by atoms with Crippen molar-refractivity contribution in [1.82, 2.24) is 0 Å². The standard InChI is InChI=1S/C12H22O5/c1-5-7-12(10(14)15,8(3)9(4)13)11(16)17-6-2/h8-9,13H,5-7H2,1-4H3,(H,14,15). The summed E-state index contributed by atoms with van der Waals surface area (Å²) < 4.78 is 4.86. The molecule has 17 heavy (non-hydrogen) atoms. The molecule has 0 spiro atoms. The maximum atomic E-state index is 11.9. The second-order valence-electron chi connectivity index (χ2n) is 4.28. The average Bonchev–Trinajstić information content (AvgIpc) is 2.24. The molecule has 0 aliphatic heterocycles. The highest BCUT2D eigenvalue weighted by atomic mass is 16.5. The SMILES string of the molecule is CCCC(C(=O)O)(C(=O)OCC)C(C)C(C)O. The maximum Gasteiger partial charge on any atom is 0.323 e. The van der Waals surface area contributed by atoms with E-state index in [0.29, 0.717) is 6.42 Å². The summed E-state index contributed by atoms with van der Waals surface area (Å²) >= 11 is 0. The molecule has 0 aliphatic rings. The van der Waals surface area contributed by atoms with E-state index >= 15 is 0 Å². The fraction of sp³-hybridized carbons (Fsp3) is 0.833. The third kappa shape index (κ3) is 3.19. The minimum Gasteiger partial charge on any atom is -0.480 e. The summed E-state index contributed by atoms with van der Waals surface area (Å²) in [6, 6.07) is 0. The summed E-state index contributed by atoms with van der Waals surface area (Å²) in [7, 11) is 0. The summed E-state index contributed by atoms with van der Waals surface area (Å²) in [5, 5.41) is 18.9. The lowest BCUT2D eigenvalue weighted by molar-refractivity contribution is -0.177. The van der Waals surface area contributed by atoms with Crippen molar-refractivity contribution in [2.45, 2.75) is 46.6 Å². The Labute approximate surface area is 102 Å². The monoisotopic (exact) mass is 246 g/mol. The van der Waals surface area contributed by atoms with Crippen LogP contribution < -0.4 is 0 Å². The van der Waals surface area contributed by atoms with Gasteiger partial charge in [-0.15, -0.1) is 0 Å². The Kier molecular flexibility index (Phi) is 6.16. The van der Waals surface area contributed by atoms with E-state index < -0.39 is 29.4 Å². The van der Waals surface area contributed by atoms with Crippen LogP contribution in [0.1, 0.15) is 40.5 Å². The number of carboxylic acids is 1. The summed E-state index contributed by atoms with van der Waals surface area (Å²) in [6.07, 6.45) is -0.197. The van der Waals surface area contributed by atoms with E-state index in [9.17, 15) is 19.8 Å². The van der Waals surface area contributed by atoms with Gasteiger partial charge in [-0.05, 0) is 20.3 Å². The van der Waals surface area contributed by atoms with E-state index in [4.69, 9.17) is 4.74 Å². The average molecular weight is 246 g/mol. The van der Waals surface area contributed by atoms with E-state index in [2.05, 4.69) is 0 Å². The molecule has 0 aromatic heterocycles. The number of rotatable bonds is 7. The molecule has 0 amide bonds. The Morgan fingerprint density at radius 3 is 2.12 bits per heavy atom. The smallest absolute Gasteiger partial charge is 0.323 e. The topological polar surface area (TPSA) is 83.8 Å². The second-order valence-corrected chi connectivity index (χ2v) is 4.28. The minimum absolute atomic E-state index is 0.129. The molecule has 3 atom stereocenters. The van der Waals surface area contributed by atoms with Gasteiger partial charge < -0.3 is 14.9 Å². The number of aliphatic hydroxyl groups is 1. The zero-order valence-electron chi connectivity index (χ0n) is 10.9. The minimum atomic E-state index is -1.65. The fourth-order valence-electron chi connectivity index (χ4n) is 1.97. The number of carboxylic acid groups (broad SMARTS) is 1. The predicted octanol–water partition coefficient (Wildman–Crippen LogP) is 1.44. The van der Waals surface area contributed by atoms with Crippen LogP contribution in [0.5, 0.6) is 0 Å². The van der Waals surface area contributed by atoms with Crippen LogP contribution in [0, 0.1) is 11.3 Å². The van der Waals surface area contributed by atoms with Crippen LogP contribution in [0.25, 0.3) is 0 Å². The Morgan fingerprint density at radius 2 is 1.82 bits per heavy atom. The van der Waals surface area contributed by atoms with E-state index in [1.54, 1.807) is 20.8 Å². The number of aliphatic carboxylic acids is 1. The zero-order chi connectivity index (χ0) is 13.6. The zero-order valence-corrected chi connectivity index (χ0v) is 10.9. The highest BCUT2D eigenvalue weighted by molar-refractivity contribution is 5.99. The van der Waals surface area contributed by atoms with Crippen LogP contribution >= 0.6 is 0 Å². The molecule has 0 aromatic carbocycles. The molecule has 5 heteroatoms. The molecule has 0 saturated heterocycles. The Bertz CT molecular complexity index is 274. The van der Waals surface area contributed by atoms with Crippen LogP contribution in [0.4, 0.5) is 0 Å². The summed E-state index contributed by atoms with van der Waals surface area (Å²) in [5.74, 6) is -2.69. The Balaban J connectivity index is 5.41. The fourth-order valence-corrected chi connectivity index (χ4v) is 1.97. The second kappa shape index (κ2) is 6.59. The van der Waals surface area contributed by atoms with E-state index in [1.807, 2.05) is 0 Å². The van der Waals surface area contributed by atoms with Crippen LogP contribution in [0.2, 0.25) is 0 Å². The number of hydrogen-bond donors (Lipinski definition) is 2. The van der Waals surface area contributed by atoms with Crippen molar-refractivity contribution in [3.63, 3.8) is 0 Å². The molecule has 0 saturated carbocycles. The lowest BCUT2D eigenvalue weighted by Gasteiger charge is -2.34. The first-order valence-corrected chi connectivity index (χ1v) is 5.93. The van der Waals surface area contributed by atoms with Crippen molar-refractivity contribution in [3.8, 4) is 0 Å². The molecule has 5 nitrogen and oxygen atoms in total. The molecule has 0 aromatic rings. The van der Waals surface area contributed by atoms with Gasteiger partial charge >= 0.3 is 11.9 Å². The van der Waals surface area contributed by atoms with Crippen molar-refractivity contribution in [2.24, 2.45) is 11.3 Å². The maximum absolute atomic E-state index is 11.9. The number of aliphatic hydroxyl groups excluding tert-OH is 1. The Morgan fingerprint density at radius 1 is 1.29 bits per heavy atom. The summed E-state index contributed by atoms with van der Waals surface area (Å²) in [6.45, 7) is 6.60. The third-order valence-electron chi connectivity index (χ3n) is 3.17. The van der Waals surface area contributed by atoms with Crippen LogP contribution in [0.3, 0.4) is 0 Å². The Hall–Kier alpha value is -1.10. The number of carbonyl (C=O) groups is 2. The number of carbonyl (C=O) groups excluding carboxylic acids is 1. The molecule has 0 bridgehead atoms. The van der Waals surface area contributed by atoms with Crippen molar-refractivity contribution < 1.29 is 24.5 Å². The van der Waals surface area contributed by atoms with Crippen molar-refractivity contribution in [3.05, 3.63) is 0 Å². The van der Waals surface area contributed by atoms with Gasteiger partial charge in [-0.2, -0.15) is 0 Å². The van der Waals surface area contributed by atoms with Gasteiger partial charge in [0.25, 0.3) is 0 Å². The molecule has 2 N–H and O–H groups in total. The van der Waals surface area contributed by atoms with Gasteiger partial charge in [0.15, 0.2) is 5.41 Å².